The molecule has 142 valence electrons. The first-order chi connectivity index (χ1) is 13.1. The van der Waals surface area contributed by atoms with Gasteiger partial charge in [-0.05, 0) is 25.5 Å². The fourth-order valence-electron chi connectivity index (χ4n) is 2.56. The van der Waals surface area contributed by atoms with E-state index in [4.69, 9.17) is 15.0 Å². The van der Waals surface area contributed by atoms with Gasteiger partial charge in [-0.15, -0.1) is 5.10 Å². The fraction of sp³-hybridized carbons (Fsp3) is 0.353. The topological polar surface area (TPSA) is 145 Å². The zero-order chi connectivity index (χ0) is 19.2. The number of rotatable bonds is 8. The molecule has 0 aliphatic rings. The van der Waals surface area contributed by atoms with Crippen LogP contribution in [0.5, 0.6) is 5.75 Å². The van der Waals surface area contributed by atoms with Crippen LogP contribution >= 0.6 is 0 Å². The van der Waals surface area contributed by atoms with Gasteiger partial charge in [0.2, 0.25) is 23.6 Å². The number of nitrogen functional groups attached to an aromatic ring is 1. The van der Waals surface area contributed by atoms with Gasteiger partial charge in [0.25, 0.3) is 0 Å². The molecule has 1 atom stereocenters. The number of aromatic amines is 1. The standard InChI is InChI=1S/C17H21N7O3/c1-10(15-21-17(18)23-22-15)19-13(25)8-5-9-14-20-16(24-27-14)11-6-3-4-7-12(11)26-2/h3-4,6-7,10H,5,8-9H2,1-2H3,(H,19,25)(H3,18,21,22,23)/t10-/m0/s1. The van der Waals surface area contributed by atoms with Crippen LogP contribution in [0.4, 0.5) is 5.95 Å². The van der Waals surface area contributed by atoms with Crippen LogP contribution in [0.3, 0.4) is 0 Å². The third kappa shape index (κ3) is 4.60. The van der Waals surface area contributed by atoms with Crippen molar-refractivity contribution in [1.82, 2.24) is 30.6 Å². The molecule has 2 heterocycles. The Morgan fingerprint density at radius 2 is 2.19 bits per heavy atom. The van der Waals surface area contributed by atoms with E-state index in [9.17, 15) is 4.79 Å². The number of hydrogen-bond donors (Lipinski definition) is 3. The smallest absolute Gasteiger partial charge is 0.239 e. The normalized spacial score (nSPS) is 11.9. The lowest BCUT2D eigenvalue weighted by atomic mass is 10.2. The van der Waals surface area contributed by atoms with Crippen LogP contribution in [-0.4, -0.2) is 38.3 Å². The summed E-state index contributed by atoms with van der Waals surface area (Å²) in [7, 11) is 1.59. The molecule has 3 aromatic rings. The van der Waals surface area contributed by atoms with Crippen LogP contribution in [0.1, 0.15) is 37.5 Å². The van der Waals surface area contributed by atoms with Crippen molar-refractivity contribution in [3.05, 3.63) is 36.0 Å². The fourth-order valence-corrected chi connectivity index (χ4v) is 2.56. The van der Waals surface area contributed by atoms with Crippen molar-refractivity contribution >= 4 is 11.9 Å². The quantitative estimate of drug-likeness (QED) is 0.542. The Morgan fingerprint density at radius 1 is 1.37 bits per heavy atom. The van der Waals surface area contributed by atoms with Crippen molar-refractivity contribution in [1.29, 1.82) is 0 Å². The van der Waals surface area contributed by atoms with E-state index >= 15 is 0 Å². The van der Waals surface area contributed by atoms with Gasteiger partial charge in [0, 0.05) is 12.8 Å². The lowest BCUT2D eigenvalue weighted by Crippen LogP contribution is -2.27. The molecule has 0 unspecified atom stereocenters. The van der Waals surface area contributed by atoms with Gasteiger partial charge in [-0.2, -0.15) is 9.97 Å². The molecule has 27 heavy (non-hydrogen) atoms. The lowest BCUT2D eigenvalue weighted by molar-refractivity contribution is -0.121. The number of anilines is 1. The SMILES string of the molecule is COc1ccccc1-c1noc(CCCC(=O)N[C@@H](C)c2nc(N)n[nH]2)n1. The summed E-state index contributed by atoms with van der Waals surface area (Å²) in [6.45, 7) is 1.80. The van der Waals surface area contributed by atoms with Crippen molar-refractivity contribution in [2.45, 2.75) is 32.2 Å². The van der Waals surface area contributed by atoms with E-state index in [1.807, 2.05) is 24.3 Å². The van der Waals surface area contributed by atoms with Gasteiger partial charge >= 0.3 is 0 Å². The molecule has 0 spiro atoms. The van der Waals surface area contributed by atoms with Crippen LogP contribution < -0.4 is 15.8 Å². The number of nitrogens with two attached hydrogens (primary N) is 1. The van der Waals surface area contributed by atoms with Gasteiger partial charge in [-0.25, -0.2) is 0 Å². The summed E-state index contributed by atoms with van der Waals surface area (Å²) in [5.74, 6) is 2.16. The van der Waals surface area contributed by atoms with E-state index in [1.165, 1.54) is 0 Å². The first kappa shape index (κ1) is 18.4. The summed E-state index contributed by atoms with van der Waals surface area (Å²) >= 11 is 0. The molecular formula is C17H21N7O3. The molecule has 0 saturated heterocycles. The molecule has 0 saturated carbocycles. The number of nitrogens with one attached hydrogen (secondary N) is 2. The monoisotopic (exact) mass is 371 g/mol. The number of ether oxygens (including phenoxy) is 1. The number of benzene rings is 1. The number of methoxy groups -OCH3 is 1. The van der Waals surface area contributed by atoms with E-state index in [0.717, 1.165) is 5.56 Å². The molecule has 0 fully saturated rings. The minimum atomic E-state index is -0.303. The van der Waals surface area contributed by atoms with Crippen molar-refractivity contribution in [3.63, 3.8) is 0 Å². The highest BCUT2D eigenvalue weighted by molar-refractivity contribution is 5.76. The van der Waals surface area contributed by atoms with Gasteiger partial charge in [-0.3, -0.25) is 9.89 Å². The largest absolute Gasteiger partial charge is 0.496 e. The Balaban J connectivity index is 1.49. The van der Waals surface area contributed by atoms with E-state index < -0.39 is 0 Å². The Labute approximate surface area is 155 Å². The Hall–Kier alpha value is -3.43. The first-order valence-corrected chi connectivity index (χ1v) is 8.50. The van der Waals surface area contributed by atoms with Crippen molar-refractivity contribution < 1.29 is 14.1 Å². The second-order valence-electron chi connectivity index (χ2n) is 5.93. The summed E-state index contributed by atoms with van der Waals surface area (Å²) in [6.07, 6.45) is 1.39. The van der Waals surface area contributed by atoms with E-state index in [2.05, 4.69) is 30.6 Å². The average Bonchev–Trinajstić information content (AvgIpc) is 3.31. The Morgan fingerprint density at radius 3 is 2.93 bits per heavy atom. The Bertz CT molecular complexity index is 905. The lowest BCUT2D eigenvalue weighted by Gasteiger charge is -2.10. The number of amides is 1. The van der Waals surface area contributed by atoms with Crippen LogP contribution in [-0.2, 0) is 11.2 Å². The molecule has 10 heteroatoms. The Kier molecular flexibility index (Phi) is 5.64. The van der Waals surface area contributed by atoms with Crippen LogP contribution in [0.15, 0.2) is 28.8 Å². The zero-order valence-corrected chi connectivity index (χ0v) is 15.1. The third-order valence-electron chi connectivity index (χ3n) is 3.92. The van der Waals surface area contributed by atoms with Crippen LogP contribution in [0.25, 0.3) is 11.4 Å². The van der Waals surface area contributed by atoms with E-state index in [-0.39, 0.29) is 17.9 Å². The maximum atomic E-state index is 12.0. The number of hydrogen-bond acceptors (Lipinski definition) is 8. The van der Waals surface area contributed by atoms with Gasteiger partial charge in [0.05, 0.1) is 18.7 Å². The van der Waals surface area contributed by atoms with Crippen molar-refractivity contribution in [3.8, 4) is 17.1 Å². The molecule has 10 nitrogen and oxygen atoms in total. The minimum absolute atomic E-state index is 0.109. The molecule has 2 aromatic heterocycles. The summed E-state index contributed by atoms with van der Waals surface area (Å²) < 4.78 is 10.6. The van der Waals surface area contributed by atoms with E-state index in [1.54, 1.807) is 14.0 Å². The third-order valence-corrected chi connectivity index (χ3v) is 3.92. The summed E-state index contributed by atoms with van der Waals surface area (Å²) in [4.78, 5) is 20.4. The van der Waals surface area contributed by atoms with Gasteiger partial charge in [0.15, 0.2) is 0 Å². The van der Waals surface area contributed by atoms with Gasteiger partial charge < -0.3 is 20.3 Å². The number of aryl methyl sites for hydroxylation is 1. The second-order valence-corrected chi connectivity index (χ2v) is 5.93. The average molecular weight is 371 g/mol. The number of para-hydroxylation sites is 1. The molecule has 1 aromatic carbocycles. The predicted molar refractivity (Wildman–Crippen MR) is 96.6 cm³/mol. The molecule has 0 aliphatic heterocycles. The highest BCUT2D eigenvalue weighted by Crippen LogP contribution is 2.27. The predicted octanol–water partition coefficient (Wildman–Crippen LogP) is 1.65. The van der Waals surface area contributed by atoms with E-state index in [0.29, 0.717) is 42.6 Å². The number of carbonyl (C=O) groups is 1. The molecule has 1 amide bonds. The molecule has 0 bridgehead atoms. The zero-order valence-electron chi connectivity index (χ0n) is 15.1. The van der Waals surface area contributed by atoms with Gasteiger partial charge in [-0.1, -0.05) is 17.3 Å². The molecule has 0 aliphatic carbocycles. The molecule has 4 N–H and O–H groups in total. The van der Waals surface area contributed by atoms with Gasteiger partial charge in [0.1, 0.15) is 11.6 Å². The number of H-pyrrole nitrogens is 1. The molecule has 0 radical (unpaired) electrons. The number of aromatic nitrogens is 5. The summed E-state index contributed by atoms with van der Waals surface area (Å²) in [5, 5.41) is 13.2. The second kappa shape index (κ2) is 8.30. The number of carbonyl (C=O) groups excluding carboxylic acids is 1. The summed E-state index contributed by atoms with van der Waals surface area (Å²) in [5.41, 5.74) is 6.21. The highest BCUT2D eigenvalue weighted by atomic mass is 16.5. The van der Waals surface area contributed by atoms with Crippen molar-refractivity contribution in [2.24, 2.45) is 0 Å². The highest BCUT2D eigenvalue weighted by Gasteiger charge is 2.15. The maximum absolute atomic E-state index is 12.0. The minimum Gasteiger partial charge on any atom is -0.496 e. The van der Waals surface area contributed by atoms with Crippen LogP contribution in [0.2, 0.25) is 0 Å². The first-order valence-electron chi connectivity index (χ1n) is 8.50. The van der Waals surface area contributed by atoms with Crippen molar-refractivity contribution in [2.75, 3.05) is 12.8 Å². The summed E-state index contributed by atoms with van der Waals surface area (Å²) in [6, 6.07) is 7.14. The maximum Gasteiger partial charge on any atom is 0.239 e. The van der Waals surface area contributed by atoms with Crippen LogP contribution in [0, 0.1) is 0 Å². The molecule has 3 rings (SSSR count). The number of nitrogens with zero attached hydrogens (tertiary/aromatic N) is 4. The molecular weight excluding hydrogens is 350 g/mol.